The van der Waals surface area contributed by atoms with Gasteiger partial charge in [-0.15, -0.1) is 0 Å². The second kappa shape index (κ2) is 7.80. The number of nitriles is 2. The zero-order valence-corrected chi connectivity index (χ0v) is 16.3. The van der Waals surface area contributed by atoms with Crippen molar-refractivity contribution in [2.75, 3.05) is 0 Å². The second-order valence-electron chi connectivity index (χ2n) is 6.57. The molecule has 3 aromatic heterocycles. The zero-order chi connectivity index (χ0) is 20.4. The van der Waals surface area contributed by atoms with E-state index in [0.29, 0.717) is 23.2 Å². The minimum Gasteiger partial charge on any atom is -0.391 e. The van der Waals surface area contributed by atoms with Crippen molar-refractivity contribution in [3.8, 4) is 23.3 Å². The SMILES string of the molecule is C[C@H](O)Cn1cc(-c2cc(Sc3ccccc3C#N)c3c(C#N)cnn3c2)cn1. The average Bonchev–Trinajstić information content (AvgIpc) is 3.34. The van der Waals surface area contributed by atoms with Gasteiger partial charge in [-0.05, 0) is 25.1 Å². The average molecular weight is 400 g/mol. The predicted octanol–water partition coefficient (Wildman–Crippen LogP) is 3.47. The molecule has 4 aromatic rings. The highest BCUT2D eigenvalue weighted by Crippen LogP contribution is 2.36. The molecule has 0 fully saturated rings. The Labute approximate surface area is 171 Å². The Balaban J connectivity index is 1.84. The Morgan fingerprint density at radius 3 is 2.59 bits per heavy atom. The summed E-state index contributed by atoms with van der Waals surface area (Å²) in [6, 6.07) is 13.7. The first-order valence-electron chi connectivity index (χ1n) is 8.88. The summed E-state index contributed by atoms with van der Waals surface area (Å²) >= 11 is 1.43. The van der Waals surface area contributed by atoms with Gasteiger partial charge in [-0.3, -0.25) is 4.68 Å². The third kappa shape index (κ3) is 3.72. The van der Waals surface area contributed by atoms with E-state index < -0.39 is 6.10 Å². The van der Waals surface area contributed by atoms with E-state index in [2.05, 4.69) is 22.3 Å². The van der Waals surface area contributed by atoms with Crippen LogP contribution in [0.4, 0.5) is 0 Å². The molecule has 4 rings (SSSR count). The van der Waals surface area contributed by atoms with Crippen LogP contribution in [0.1, 0.15) is 18.1 Å². The van der Waals surface area contributed by atoms with Crippen molar-refractivity contribution in [1.29, 1.82) is 10.5 Å². The number of aliphatic hydroxyl groups is 1. The van der Waals surface area contributed by atoms with E-state index in [1.54, 1.807) is 28.4 Å². The summed E-state index contributed by atoms with van der Waals surface area (Å²) in [5.41, 5.74) is 3.49. The molecule has 0 unspecified atom stereocenters. The van der Waals surface area contributed by atoms with Crippen LogP contribution in [-0.2, 0) is 6.54 Å². The van der Waals surface area contributed by atoms with Crippen LogP contribution in [0.15, 0.2) is 64.9 Å². The molecule has 8 heteroatoms. The molecule has 1 aromatic carbocycles. The summed E-state index contributed by atoms with van der Waals surface area (Å²) in [6.07, 6.45) is 6.48. The number of hydrogen-bond acceptors (Lipinski definition) is 6. The number of benzene rings is 1. The Morgan fingerprint density at radius 2 is 1.83 bits per heavy atom. The standard InChI is InChI=1S/C21H16N6OS/c1-14(28)11-26-12-18(10-24-26)16-6-20(21-17(8-23)9-25-27(21)13-16)29-19-5-3-2-4-15(19)7-22/h2-6,9-10,12-14,28H,11H2,1H3/t14-/m0/s1. The predicted molar refractivity (Wildman–Crippen MR) is 108 cm³/mol. The van der Waals surface area contributed by atoms with Crippen LogP contribution in [0, 0.1) is 22.7 Å². The number of pyridine rings is 1. The molecule has 142 valence electrons. The van der Waals surface area contributed by atoms with Crippen molar-refractivity contribution < 1.29 is 5.11 Å². The first-order chi connectivity index (χ1) is 14.1. The molecule has 0 radical (unpaired) electrons. The lowest BCUT2D eigenvalue weighted by Gasteiger charge is -2.09. The number of aliphatic hydroxyl groups excluding tert-OH is 1. The molecule has 29 heavy (non-hydrogen) atoms. The fraction of sp³-hybridized carbons (Fsp3) is 0.143. The quantitative estimate of drug-likeness (QED) is 0.550. The lowest BCUT2D eigenvalue weighted by molar-refractivity contribution is 0.168. The maximum Gasteiger partial charge on any atom is 0.103 e. The van der Waals surface area contributed by atoms with Gasteiger partial charge in [0.1, 0.15) is 12.1 Å². The molecule has 0 saturated carbocycles. The molecule has 0 aliphatic carbocycles. The normalized spacial score (nSPS) is 11.9. The molecule has 0 aliphatic rings. The van der Waals surface area contributed by atoms with Crippen molar-refractivity contribution in [3.63, 3.8) is 0 Å². The van der Waals surface area contributed by atoms with Gasteiger partial charge in [-0.2, -0.15) is 20.7 Å². The minimum absolute atomic E-state index is 0.403. The summed E-state index contributed by atoms with van der Waals surface area (Å²) in [7, 11) is 0. The van der Waals surface area contributed by atoms with Crippen LogP contribution >= 0.6 is 11.8 Å². The van der Waals surface area contributed by atoms with Crippen LogP contribution in [-0.4, -0.2) is 30.6 Å². The van der Waals surface area contributed by atoms with E-state index in [1.165, 1.54) is 18.0 Å². The highest BCUT2D eigenvalue weighted by molar-refractivity contribution is 7.99. The van der Waals surface area contributed by atoms with Gasteiger partial charge in [-0.1, -0.05) is 23.9 Å². The van der Waals surface area contributed by atoms with Crippen LogP contribution in [0.2, 0.25) is 0 Å². The summed E-state index contributed by atoms with van der Waals surface area (Å²) in [4.78, 5) is 1.63. The Kier molecular flexibility index (Phi) is 5.05. The summed E-state index contributed by atoms with van der Waals surface area (Å²) in [6.45, 7) is 2.11. The summed E-state index contributed by atoms with van der Waals surface area (Å²) in [5, 5.41) is 37.1. The Morgan fingerprint density at radius 1 is 1.03 bits per heavy atom. The van der Waals surface area contributed by atoms with Crippen LogP contribution in [0.25, 0.3) is 16.6 Å². The maximum absolute atomic E-state index is 9.58. The molecule has 0 spiro atoms. The molecule has 3 heterocycles. The Bertz CT molecular complexity index is 1270. The highest BCUT2D eigenvalue weighted by Gasteiger charge is 2.15. The molecular weight excluding hydrogens is 384 g/mol. The maximum atomic E-state index is 9.58. The lowest BCUT2D eigenvalue weighted by atomic mass is 10.1. The topological polar surface area (TPSA) is 103 Å². The van der Waals surface area contributed by atoms with Crippen LogP contribution < -0.4 is 0 Å². The third-order valence-corrected chi connectivity index (χ3v) is 5.45. The second-order valence-corrected chi connectivity index (χ2v) is 7.65. The number of fused-ring (bicyclic) bond motifs is 1. The molecule has 7 nitrogen and oxygen atoms in total. The third-order valence-electron chi connectivity index (χ3n) is 4.34. The number of nitrogens with zero attached hydrogens (tertiary/aromatic N) is 6. The molecular formula is C21H16N6OS. The van der Waals surface area contributed by atoms with Crippen LogP contribution in [0.3, 0.4) is 0 Å². The number of rotatable bonds is 5. The van der Waals surface area contributed by atoms with Gasteiger partial charge in [0.2, 0.25) is 0 Å². The first kappa shape index (κ1) is 18.8. The first-order valence-corrected chi connectivity index (χ1v) is 9.70. The van der Waals surface area contributed by atoms with Gasteiger partial charge in [-0.25, -0.2) is 4.52 Å². The van der Waals surface area contributed by atoms with Gasteiger partial charge in [0.25, 0.3) is 0 Å². The summed E-state index contributed by atoms with van der Waals surface area (Å²) < 4.78 is 3.36. The molecule has 0 saturated heterocycles. The molecule has 0 bridgehead atoms. The molecule has 1 N–H and O–H groups in total. The summed E-state index contributed by atoms with van der Waals surface area (Å²) in [5.74, 6) is 0. The molecule has 0 amide bonds. The number of hydrogen-bond donors (Lipinski definition) is 1. The van der Waals surface area contributed by atoms with Crippen LogP contribution in [0.5, 0.6) is 0 Å². The molecule has 1 atom stereocenters. The lowest BCUT2D eigenvalue weighted by Crippen LogP contribution is -2.11. The van der Waals surface area contributed by atoms with E-state index in [4.69, 9.17) is 0 Å². The van der Waals surface area contributed by atoms with E-state index in [1.807, 2.05) is 36.7 Å². The Hall–Kier alpha value is -3.59. The van der Waals surface area contributed by atoms with Gasteiger partial charge in [0.15, 0.2) is 0 Å². The number of aromatic nitrogens is 4. The molecule has 0 aliphatic heterocycles. The van der Waals surface area contributed by atoms with Gasteiger partial charge < -0.3 is 5.11 Å². The van der Waals surface area contributed by atoms with E-state index in [9.17, 15) is 15.6 Å². The monoisotopic (exact) mass is 400 g/mol. The minimum atomic E-state index is -0.497. The largest absolute Gasteiger partial charge is 0.391 e. The highest BCUT2D eigenvalue weighted by atomic mass is 32.2. The fourth-order valence-electron chi connectivity index (χ4n) is 3.05. The van der Waals surface area contributed by atoms with Gasteiger partial charge >= 0.3 is 0 Å². The van der Waals surface area contributed by atoms with Crippen molar-refractivity contribution in [2.45, 2.75) is 29.4 Å². The van der Waals surface area contributed by atoms with Crippen molar-refractivity contribution in [2.24, 2.45) is 0 Å². The van der Waals surface area contributed by atoms with E-state index in [-0.39, 0.29) is 0 Å². The van der Waals surface area contributed by atoms with Crippen molar-refractivity contribution in [1.82, 2.24) is 19.4 Å². The van der Waals surface area contributed by atoms with Gasteiger partial charge in [0, 0.05) is 33.3 Å². The smallest absolute Gasteiger partial charge is 0.103 e. The van der Waals surface area contributed by atoms with Gasteiger partial charge in [0.05, 0.1) is 41.7 Å². The fourth-order valence-corrected chi connectivity index (χ4v) is 4.14. The van der Waals surface area contributed by atoms with E-state index in [0.717, 1.165) is 20.9 Å². The zero-order valence-electron chi connectivity index (χ0n) is 15.5. The van der Waals surface area contributed by atoms with Crippen molar-refractivity contribution >= 4 is 17.3 Å². The van der Waals surface area contributed by atoms with E-state index >= 15 is 0 Å². The van der Waals surface area contributed by atoms with Crippen molar-refractivity contribution in [3.05, 3.63) is 66.2 Å².